The zero-order valence-electron chi connectivity index (χ0n) is 20.2. The molecule has 3 heteroatoms. The van der Waals surface area contributed by atoms with Crippen LogP contribution in [0.3, 0.4) is 0 Å². The minimum atomic E-state index is -0.219. The van der Waals surface area contributed by atoms with Crippen LogP contribution in [-0.2, 0) is 9.47 Å². The Balaban J connectivity index is 1.24. The Hall–Kier alpha value is -1.06. The first-order valence-corrected chi connectivity index (χ1v) is 13.2. The van der Waals surface area contributed by atoms with Gasteiger partial charge in [0, 0.05) is 11.5 Å². The summed E-state index contributed by atoms with van der Waals surface area (Å²) in [6, 6.07) is 8.27. The fourth-order valence-electron chi connectivity index (χ4n) is 5.10. The molecular formula is C28H46O3. The maximum Gasteiger partial charge on any atom is 0.183 e. The standard InChI is InChI=1S/C28H46O3/c1-3-5-6-7-8-10-24-12-14-25(15-13-24)11-9-20-29-27-18-16-26(17-19-27)28-30-21-23(4-2)22-31-28/h16-19,23-25,28H,3-15,20-22H2,1-2H3. The number of hydrogen-bond donors (Lipinski definition) is 0. The van der Waals surface area contributed by atoms with Crippen molar-refractivity contribution < 1.29 is 14.2 Å². The average molecular weight is 431 g/mol. The monoisotopic (exact) mass is 430 g/mol. The molecule has 0 bridgehead atoms. The summed E-state index contributed by atoms with van der Waals surface area (Å²) < 4.78 is 17.7. The van der Waals surface area contributed by atoms with Gasteiger partial charge < -0.3 is 14.2 Å². The molecule has 1 aromatic carbocycles. The van der Waals surface area contributed by atoms with Gasteiger partial charge in [-0.3, -0.25) is 0 Å². The van der Waals surface area contributed by atoms with Crippen molar-refractivity contribution in [2.75, 3.05) is 19.8 Å². The first-order chi connectivity index (χ1) is 15.3. The highest BCUT2D eigenvalue weighted by Gasteiger charge is 2.22. The molecule has 0 aromatic heterocycles. The minimum absolute atomic E-state index is 0.219. The summed E-state index contributed by atoms with van der Waals surface area (Å²) in [4.78, 5) is 0. The van der Waals surface area contributed by atoms with Gasteiger partial charge in [0.2, 0.25) is 0 Å². The average Bonchev–Trinajstić information content (AvgIpc) is 2.83. The van der Waals surface area contributed by atoms with Crippen molar-refractivity contribution in [1.82, 2.24) is 0 Å². The third-order valence-electron chi connectivity index (χ3n) is 7.40. The van der Waals surface area contributed by atoms with E-state index in [0.29, 0.717) is 5.92 Å². The summed E-state index contributed by atoms with van der Waals surface area (Å²) in [5, 5.41) is 0. The third kappa shape index (κ3) is 8.77. The second-order valence-electron chi connectivity index (χ2n) is 9.92. The van der Waals surface area contributed by atoms with E-state index in [9.17, 15) is 0 Å². The van der Waals surface area contributed by atoms with Crippen LogP contribution in [0.25, 0.3) is 0 Å². The second kappa shape index (κ2) is 14.2. The molecular weight excluding hydrogens is 384 g/mol. The van der Waals surface area contributed by atoms with E-state index >= 15 is 0 Å². The quantitative estimate of drug-likeness (QED) is 0.296. The van der Waals surface area contributed by atoms with Gasteiger partial charge in [0.05, 0.1) is 19.8 Å². The van der Waals surface area contributed by atoms with E-state index in [1.807, 2.05) is 0 Å². The van der Waals surface area contributed by atoms with E-state index in [0.717, 1.165) is 49.4 Å². The Morgan fingerprint density at radius 2 is 1.35 bits per heavy atom. The fraction of sp³-hybridized carbons (Fsp3) is 0.786. The lowest BCUT2D eigenvalue weighted by Crippen LogP contribution is -2.26. The highest BCUT2D eigenvalue weighted by Crippen LogP contribution is 2.34. The fourth-order valence-corrected chi connectivity index (χ4v) is 5.10. The molecule has 0 unspecified atom stereocenters. The molecule has 176 valence electrons. The Kier molecular flexibility index (Phi) is 11.2. The molecule has 3 nitrogen and oxygen atoms in total. The summed E-state index contributed by atoms with van der Waals surface area (Å²) >= 11 is 0. The van der Waals surface area contributed by atoms with Crippen LogP contribution in [0.2, 0.25) is 0 Å². The van der Waals surface area contributed by atoms with Crippen LogP contribution in [0, 0.1) is 17.8 Å². The van der Waals surface area contributed by atoms with E-state index in [1.54, 1.807) is 0 Å². The van der Waals surface area contributed by atoms with Crippen molar-refractivity contribution >= 4 is 0 Å². The van der Waals surface area contributed by atoms with E-state index < -0.39 is 0 Å². The number of benzene rings is 1. The molecule has 0 spiro atoms. The lowest BCUT2D eigenvalue weighted by Gasteiger charge is -2.29. The van der Waals surface area contributed by atoms with E-state index in [4.69, 9.17) is 14.2 Å². The van der Waals surface area contributed by atoms with Crippen molar-refractivity contribution in [2.24, 2.45) is 17.8 Å². The molecule has 0 amide bonds. The van der Waals surface area contributed by atoms with E-state index in [2.05, 4.69) is 38.1 Å². The summed E-state index contributed by atoms with van der Waals surface area (Å²) in [6.45, 7) is 6.89. The molecule has 0 radical (unpaired) electrons. The number of hydrogen-bond acceptors (Lipinski definition) is 3. The third-order valence-corrected chi connectivity index (χ3v) is 7.40. The van der Waals surface area contributed by atoms with Crippen LogP contribution in [0.5, 0.6) is 5.75 Å². The largest absolute Gasteiger partial charge is 0.494 e. The van der Waals surface area contributed by atoms with Crippen molar-refractivity contribution in [2.45, 2.75) is 104 Å². The highest BCUT2D eigenvalue weighted by molar-refractivity contribution is 5.28. The van der Waals surface area contributed by atoms with Gasteiger partial charge in [-0.15, -0.1) is 0 Å². The summed E-state index contributed by atoms with van der Waals surface area (Å²) in [7, 11) is 0. The first kappa shape index (κ1) is 24.6. The summed E-state index contributed by atoms with van der Waals surface area (Å²) in [6.07, 6.45) is 17.8. The lowest BCUT2D eigenvalue weighted by molar-refractivity contribution is -0.205. The molecule has 1 aliphatic heterocycles. The SMILES string of the molecule is CCCCCCCC1CCC(CCCOc2ccc(C3OCC(CC)CO3)cc2)CC1. The normalized spacial score (nSPS) is 26.6. The highest BCUT2D eigenvalue weighted by atomic mass is 16.7. The maximum absolute atomic E-state index is 6.00. The van der Waals surface area contributed by atoms with Crippen LogP contribution >= 0.6 is 0 Å². The van der Waals surface area contributed by atoms with E-state index in [-0.39, 0.29) is 6.29 Å². The molecule has 1 aliphatic carbocycles. The zero-order chi connectivity index (χ0) is 21.7. The van der Waals surface area contributed by atoms with Crippen LogP contribution in [0.4, 0.5) is 0 Å². The molecule has 1 aromatic rings. The van der Waals surface area contributed by atoms with Crippen molar-refractivity contribution in [3.05, 3.63) is 29.8 Å². The molecule has 1 heterocycles. The molecule has 0 atom stereocenters. The summed E-state index contributed by atoms with van der Waals surface area (Å²) in [5.74, 6) is 3.43. The van der Waals surface area contributed by atoms with Crippen LogP contribution in [0.1, 0.15) is 109 Å². The molecule has 1 saturated heterocycles. The van der Waals surface area contributed by atoms with Gasteiger partial charge in [-0.1, -0.05) is 90.2 Å². The van der Waals surface area contributed by atoms with Gasteiger partial charge >= 0.3 is 0 Å². The van der Waals surface area contributed by atoms with Crippen LogP contribution in [-0.4, -0.2) is 19.8 Å². The summed E-state index contributed by atoms with van der Waals surface area (Å²) in [5.41, 5.74) is 1.09. The number of rotatable bonds is 13. The number of unbranched alkanes of at least 4 members (excludes halogenated alkanes) is 4. The predicted octanol–water partition coefficient (Wildman–Crippen LogP) is 8.08. The van der Waals surface area contributed by atoms with Gasteiger partial charge in [0.1, 0.15) is 5.75 Å². The zero-order valence-corrected chi connectivity index (χ0v) is 20.2. The molecule has 2 fully saturated rings. The Labute approximate surface area is 191 Å². The van der Waals surface area contributed by atoms with Gasteiger partial charge in [0.25, 0.3) is 0 Å². The molecule has 0 N–H and O–H groups in total. The Morgan fingerprint density at radius 3 is 1.97 bits per heavy atom. The van der Waals surface area contributed by atoms with Gasteiger partial charge in [-0.05, 0) is 43.2 Å². The minimum Gasteiger partial charge on any atom is -0.494 e. The Morgan fingerprint density at radius 1 is 0.742 bits per heavy atom. The topological polar surface area (TPSA) is 27.7 Å². The van der Waals surface area contributed by atoms with Crippen molar-refractivity contribution in [3.8, 4) is 5.75 Å². The van der Waals surface area contributed by atoms with Gasteiger partial charge in [-0.25, -0.2) is 0 Å². The predicted molar refractivity (Wildman–Crippen MR) is 128 cm³/mol. The second-order valence-corrected chi connectivity index (χ2v) is 9.92. The first-order valence-electron chi connectivity index (χ1n) is 13.2. The molecule has 3 rings (SSSR count). The Bertz CT molecular complexity index is 568. The molecule has 31 heavy (non-hydrogen) atoms. The van der Waals surface area contributed by atoms with Crippen molar-refractivity contribution in [1.29, 1.82) is 0 Å². The van der Waals surface area contributed by atoms with Gasteiger partial charge in [-0.2, -0.15) is 0 Å². The molecule has 1 saturated carbocycles. The van der Waals surface area contributed by atoms with Crippen molar-refractivity contribution in [3.63, 3.8) is 0 Å². The number of ether oxygens (including phenoxy) is 3. The van der Waals surface area contributed by atoms with Gasteiger partial charge in [0.15, 0.2) is 6.29 Å². The van der Waals surface area contributed by atoms with Crippen LogP contribution < -0.4 is 4.74 Å². The molecule has 2 aliphatic rings. The van der Waals surface area contributed by atoms with Crippen LogP contribution in [0.15, 0.2) is 24.3 Å². The van der Waals surface area contributed by atoms with E-state index in [1.165, 1.54) is 77.0 Å². The maximum atomic E-state index is 6.00. The lowest BCUT2D eigenvalue weighted by atomic mass is 9.78. The smallest absolute Gasteiger partial charge is 0.183 e.